The number of aliphatic hydroxyl groups excluding tert-OH is 1. The van der Waals surface area contributed by atoms with E-state index >= 15 is 0 Å². The fourth-order valence-corrected chi connectivity index (χ4v) is 5.33. The quantitative estimate of drug-likeness (QED) is 0.782. The summed E-state index contributed by atoms with van der Waals surface area (Å²) in [5.74, 6) is 1.27. The van der Waals surface area contributed by atoms with Gasteiger partial charge in [0.05, 0.1) is 6.10 Å². The predicted molar refractivity (Wildman–Crippen MR) is 107 cm³/mol. The maximum atomic E-state index is 12.2. The van der Waals surface area contributed by atoms with Crippen LogP contribution in [0.2, 0.25) is 0 Å². The van der Waals surface area contributed by atoms with E-state index in [1.165, 1.54) is 0 Å². The molecule has 5 rings (SSSR count). The number of benzene rings is 1. The Kier molecular flexibility index (Phi) is 4.82. The minimum atomic E-state index is -0.992. The Morgan fingerprint density at radius 3 is 2.55 bits per heavy atom. The molecule has 3 heterocycles. The van der Waals surface area contributed by atoms with Crippen molar-refractivity contribution in [3.63, 3.8) is 0 Å². The second-order valence-electron chi connectivity index (χ2n) is 9.14. The summed E-state index contributed by atoms with van der Waals surface area (Å²) < 4.78 is 10.9. The first kappa shape index (κ1) is 19.0. The molecule has 3 aliphatic heterocycles. The number of aliphatic hydroxyl groups is 1. The van der Waals surface area contributed by atoms with Crippen LogP contribution in [0.3, 0.4) is 0 Å². The highest BCUT2D eigenvalue weighted by atomic mass is 16.7. The minimum Gasteiger partial charge on any atom is -0.481 e. The van der Waals surface area contributed by atoms with E-state index in [0.29, 0.717) is 31.3 Å². The number of ether oxygens (including phenoxy) is 2. The van der Waals surface area contributed by atoms with Gasteiger partial charge >= 0.3 is 5.97 Å². The van der Waals surface area contributed by atoms with E-state index in [1.54, 1.807) is 0 Å². The average molecular weight is 402 g/mol. The first-order valence-corrected chi connectivity index (χ1v) is 10.9. The monoisotopic (exact) mass is 402 g/mol. The third-order valence-electron chi connectivity index (χ3n) is 7.29. The van der Waals surface area contributed by atoms with Crippen LogP contribution in [0.5, 0.6) is 11.5 Å². The Balaban J connectivity index is 1.24. The van der Waals surface area contributed by atoms with E-state index < -0.39 is 17.5 Å². The molecule has 0 spiro atoms. The molecule has 1 aromatic rings. The Bertz CT molecular complexity index is 774. The van der Waals surface area contributed by atoms with Crippen molar-refractivity contribution in [1.29, 1.82) is 0 Å². The molecule has 0 amide bonds. The molecule has 1 aromatic carbocycles. The van der Waals surface area contributed by atoms with Crippen molar-refractivity contribution >= 4 is 11.7 Å². The lowest BCUT2D eigenvalue weighted by Crippen LogP contribution is -2.59. The zero-order valence-electron chi connectivity index (χ0n) is 16.8. The van der Waals surface area contributed by atoms with Crippen molar-refractivity contribution in [3.8, 4) is 11.5 Å². The lowest BCUT2D eigenvalue weighted by molar-refractivity contribution is -0.166. The van der Waals surface area contributed by atoms with Gasteiger partial charge in [-0.05, 0) is 43.7 Å². The summed E-state index contributed by atoms with van der Waals surface area (Å²) in [4.78, 5) is 16.9. The minimum absolute atomic E-state index is 0.286. The lowest BCUT2D eigenvalue weighted by Gasteiger charge is -2.48. The van der Waals surface area contributed by atoms with Crippen molar-refractivity contribution in [2.75, 3.05) is 37.9 Å². The first-order chi connectivity index (χ1) is 14.0. The molecule has 2 atom stereocenters. The number of carbonyl (C=O) groups is 1. The summed E-state index contributed by atoms with van der Waals surface area (Å²) in [5, 5.41) is 20.6. The van der Waals surface area contributed by atoms with Crippen LogP contribution in [-0.2, 0) is 4.79 Å². The molecule has 0 unspecified atom stereocenters. The molecule has 29 heavy (non-hydrogen) atoms. The Hall–Kier alpha value is -1.99. The van der Waals surface area contributed by atoms with Gasteiger partial charge in [0.1, 0.15) is 5.41 Å². The molecule has 7 heteroatoms. The van der Waals surface area contributed by atoms with Crippen LogP contribution in [0.1, 0.15) is 38.5 Å². The van der Waals surface area contributed by atoms with Crippen molar-refractivity contribution in [2.45, 2.75) is 50.7 Å². The number of aliphatic carboxylic acids is 1. The SMILES string of the molecule is O=C(O)[C@]1(CC2CC2)CN(C2CCN(c3ccc4c(c3)OCO4)CC2)CC[C@@H]1O. The second kappa shape index (κ2) is 7.36. The summed E-state index contributed by atoms with van der Waals surface area (Å²) in [6.45, 7) is 3.43. The number of carboxylic acid groups (broad SMARTS) is 1. The highest BCUT2D eigenvalue weighted by Gasteiger charge is 2.52. The number of piperidine rings is 2. The molecule has 158 valence electrons. The van der Waals surface area contributed by atoms with Gasteiger partial charge in [-0.3, -0.25) is 9.69 Å². The number of hydrogen-bond donors (Lipinski definition) is 2. The summed E-state index contributed by atoms with van der Waals surface area (Å²) in [6, 6.07) is 6.47. The highest BCUT2D eigenvalue weighted by molar-refractivity contribution is 5.76. The predicted octanol–water partition coefficient (Wildman–Crippen LogP) is 2.32. The van der Waals surface area contributed by atoms with Crippen LogP contribution in [0.15, 0.2) is 18.2 Å². The normalized spacial score (nSPS) is 30.5. The number of carboxylic acids is 1. The smallest absolute Gasteiger partial charge is 0.313 e. The largest absolute Gasteiger partial charge is 0.481 e. The molecule has 0 radical (unpaired) electrons. The van der Waals surface area contributed by atoms with Crippen LogP contribution in [-0.4, -0.2) is 66.2 Å². The standard InChI is InChI=1S/C22H30N2O5/c25-20-7-10-24(13-22(20,21(26)27)12-15-1-2-15)16-5-8-23(9-6-16)17-3-4-18-19(11-17)29-14-28-18/h3-4,11,15-16,20,25H,1-2,5-10,12-14H2,(H,26,27)/t20-,22+/m0/s1. The molecule has 7 nitrogen and oxygen atoms in total. The van der Waals surface area contributed by atoms with Crippen LogP contribution in [0, 0.1) is 11.3 Å². The molecule has 0 bridgehead atoms. The molecule has 4 aliphatic rings. The Labute approximate surface area is 171 Å². The molecule has 2 N–H and O–H groups in total. The van der Waals surface area contributed by atoms with Crippen LogP contribution >= 0.6 is 0 Å². The van der Waals surface area contributed by atoms with Gasteiger partial charge in [-0.1, -0.05) is 12.8 Å². The van der Waals surface area contributed by atoms with Gasteiger partial charge in [-0.15, -0.1) is 0 Å². The summed E-state index contributed by atoms with van der Waals surface area (Å²) in [7, 11) is 0. The number of hydrogen-bond acceptors (Lipinski definition) is 6. The van der Waals surface area contributed by atoms with E-state index in [-0.39, 0.29) is 6.79 Å². The van der Waals surface area contributed by atoms with Gasteiger partial charge in [-0.25, -0.2) is 0 Å². The third-order valence-corrected chi connectivity index (χ3v) is 7.29. The first-order valence-electron chi connectivity index (χ1n) is 10.9. The average Bonchev–Trinajstić information content (AvgIpc) is 3.42. The summed E-state index contributed by atoms with van der Waals surface area (Å²) in [6.07, 6.45) is 4.67. The Morgan fingerprint density at radius 2 is 1.83 bits per heavy atom. The highest BCUT2D eigenvalue weighted by Crippen LogP contribution is 2.46. The number of fused-ring (bicyclic) bond motifs is 1. The molecular weight excluding hydrogens is 372 g/mol. The Morgan fingerprint density at radius 1 is 1.07 bits per heavy atom. The van der Waals surface area contributed by atoms with Gasteiger partial charge in [0, 0.05) is 44.0 Å². The maximum absolute atomic E-state index is 12.2. The van der Waals surface area contributed by atoms with Gasteiger partial charge in [0.15, 0.2) is 11.5 Å². The van der Waals surface area contributed by atoms with Crippen molar-refractivity contribution in [3.05, 3.63) is 18.2 Å². The van der Waals surface area contributed by atoms with Crippen LogP contribution in [0.4, 0.5) is 5.69 Å². The zero-order chi connectivity index (χ0) is 20.0. The topological polar surface area (TPSA) is 82.5 Å². The maximum Gasteiger partial charge on any atom is 0.313 e. The molecule has 3 fully saturated rings. The van der Waals surface area contributed by atoms with E-state index in [0.717, 1.165) is 62.5 Å². The molecule has 0 aromatic heterocycles. The van der Waals surface area contributed by atoms with Crippen molar-refractivity contribution < 1.29 is 24.5 Å². The molecule has 1 saturated carbocycles. The number of rotatable bonds is 5. The molecule has 2 saturated heterocycles. The van der Waals surface area contributed by atoms with Gasteiger partial charge in [0.25, 0.3) is 0 Å². The summed E-state index contributed by atoms with van der Waals surface area (Å²) >= 11 is 0. The van der Waals surface area contributed by atoms with Crippen LogP contribution < -0.4 is 14.4 Å². The molecular formula is C22H30N2O5. The van der Waals surface area contributed by atoms with E-state index in [2.05, 4.69) is 15.9 Å². The fraction of sp³-hybridized carbons (Fsp3) is 0.682. The van der Waals surface area contributed by atoms with E-state index in [9.17, 15) is 15.0 Å². The number of anilines is 1. The van der Waals surface area contributed by atoms with E-state index in [4.69, 9.17) is 9.47 Å². The van der Waals surface area contributed by atoms with Gasteiger partial charge in [0.2, 0.25) is 6.79 Å². The fourth-order valence-electron chi connectivity index (χ4n) is 5.33. The number of nitrogens with zero attached hydrogens (tertiary/aromatic N) is 2. The second-order valence-corrected chi connectivity index (χ2v) is 9.14. The zero-order valence-corrected chi connectivity index (χ0v) is 16.8. The summed E-state index contributed by atoms with van der Waals surface area (Å²) in [5.41, 5.74) is 0.156. The van der Waals surface area contributed by atoms with Crippen molar-refractivity contribution in [1.82, 2.24) is 4.90 Å². The number of likely N-dealkylation sites (tertiary alicyclic amines) is 1. The van der Waals surface area contributed by atoms with Gasteiger partial charge in [-0.2, -0.15) is 0 Å². The van der Waals surface area contributed by atoms with E-state index in [1.807, 2.05) is 12.1 Å². The third kappa shape index (κ3) is 3.55. The van der Waals surface area contributed by atoms with Crippen LogP contribution in [0.25, 0.3) is 0 Å². The van der Waals surface area contributed by atoms with Gasteiger partial charge < -0.3 is 24.6 Å². The molecule has 1 aliphatic carbocycles. The van der Waals surface area contributed by atoms with Crippen molar-refractivity contribution in [2.24, 2.45) is 11.3 Å². The lowest BCUT2D eigenvalue weighted by atomic mass is 9.72.